The summed E-state index contributed by atoms with van der Waals surface area (Å²) in [6, 6.07) is 3.70. The van der Waals surface area contributed by atoms with Crippen molar-refractivity contribution in [2.24, 2.45) is 0 Å². The van der Waals surface area contributed by atoms with Crippen molar-refractivity contribution in [1.82, 2.24) is 4.98 Å². The summed E-state index contributed by atoms with van der Waals surface area (Å²) in [6.45, 7) is 3.79. The molecule has 0 amide bonds. The molecule has 5 nitrogen and oxygen atoms in total. The van der Waals surface area contributed by atoms with Crippen molar-refractivity contribution < 1.29 is 9.84 Å². The van der Waals surface area contributed by atoms with Crippen molar-refractivity contribution in [2.75, 3.05) is 37.4 Å². The van der Waals surface area contributed by atoms with Gasteiger partial charge in [0, 0.05) is 13.2 Å². The molecule has 0 bridgehead atoms. The Balaban J connectivity index is 2.19. The lowest BCUT2D eigenvalue weighted by Gasteiger charge is -2.07. The number of anilines is 2. The number of rotatable bonds is 7. The summed E-state index contributed by atoms with van der Waals surface area (Å²) in [5.74, 6) is 0.828. The van der Waals surface area contributed by atoms with E-state index >= 15 is 0 Å². The lowest BCUT2D eigenvalue weighted by Crippen LogP contribution is -2.09. The van der Waals surface area contributed by atoms with Crippen molar-refractivity contribution in [2.45, 2.75) is 13.3 Å². The number of pyridine rings is 1. The number of aryl methyl sites for hydroxylation is 1. The number of nitrogen functional groups attached to an aromatic ring is 1. The van der Waals surface area contributed by atoms with Crippen LogP contribution in [0.15, 0.2) is 12.1 Å². The highest BCUT2D eigenvalue weighted by Gasteiger charge is 1.97. The molecule has 0 atom stereocenters. The standard InChI is InChI=1S/C11H19N3O2/c1-9-10(12)3-4-11(14-9)13-5-2-7-16-8-6-15/h3-4,15H,2,5-8,12H2,1H3,(H,13,14). The van der Waals surface area contributed by atoms with E-state index in [1.807, 2.05) is 19.1 Å². The summed E-state index contributed by atoms with van der Waals surface area (Å²) in [5.41, 5.74) is 7.20. The lowest BCUT2D eigenvalue weighted by atomic mass is 10.3. The van der Waals surface area contributed by atoms with Gasteiger partial charge in [0.2, 0.25) is 0 Å². The van der Waals surface area contributed by atoms with E-state index in [0.717, 1.165) is 24.5 Å². The Morgan fingerprint density at radius 1 is 1.44 bits per heavy atom. The molecule has 0 radical (unpaired) electrons. The number of aliphatic hydroxyl groups is 1. The molecule has 1 heterocycles. The van der Waals surface area contributed by atoms with Crippen LogP contribution >= 0.6 is 0 Å². The zero-order valence-electron chi connectivity index (χ0n) is 9.57. The lowest BCUT2D eigenvalue weighted by molar-refractivity contribution is 0.0922. The molecule has 0 aliphatic rings. The molecule has 0 fully saturated rings. The van der Waals surface area contributed by atoms with Crippen LogP contribution in [0.4, 0.5) is 11.5 Å². The Morgan fingerprint density at radius 3 is 2.94 bits per heavy atom. The van der Waals surface area contributed by atoms with Crippen LogP contribution in [0.2, 0.25) is 0 Å². The SMILES string of the molecule is Cc1nc(NCCCOCCO)ccc1N. The Labute approximate surface area is 95.6 Å². The minimum atomic E-state index is 0.0755. The third-order valence-electron chi connectivity index (χ3n) is 2.13. The van der Waals surface area contributed by atoms with E-state index in [0.29, 0.717) is 18.9 Å². The first kappa shape index (κ1) is 12.7. The Hall–Kier alpha value is -1.33. The summed E-state index contributed by atoms with van der Waals surface area (Å²) >= 11 is 0. The maximum absolute atomic E-state index is 8.49. The maximum Gasteiger partial charge on any atom is 0.126 e. The quantitative estimate of drug-likeness (QED) is 0.598. The highest BCUT2D eigenvalue weighted by Crippen LogP contribution is 2.11. The van der Waals surface area contributed by atoms with Gasteiger partial charge in [0.05, 0.1) is 24.6 Å². The average molecular weight is 225 g/mol. The molecule has 0 spiro atoms. The van der Waals surface area contributed by atoms with Gasteiger partial charge < -0.3 is 20.9 Å². The van der Waals surface area contributed by atoms with Crippen molar-refractivity contribution in [1.29, 1.82) is 0 Å². The van der Waals surface area contributed by atoms with E-state index in [4.69, 9.17) is 15.6 Å². The van der Waals surface area contributed by atoms with Crippen molar-refractivity contribution in [3.05, 3.63) is 17.8 Å². The van der Waals surface area contributed by atoms with Crippen LogP contribution in [-0.4, -0.2) is 36.5 Å². The molecule has 5 heteroatoms. The van der Waals surface area contributed by atoms with E-state index in [1.165, 1.54) is 0 Å². The van der Waals surface area contributed by atoms with Crippen molar-refractivity contribution in [3.63, 3.8) is 0 Å². The number of nitrogens with one attached hydrogen (secondary N) is 1. The predicted molar refractivity (Wildman–Crippen MR) is 64.4 cm³/mol. The average Bonchev–Trinajstić information content (AvgIpc) is 2.28. The summed E-state index contributed by atoms with van der Waals surface area (Å²) < 4.78 is 5.13. The minimum absolute atomic E-state index is 0.0755. The van der Waals surface area contributed by atoms with Crippen LogP contribution in [0, 0.1) is 6.92 Å². The molecule has 1 rings (SSSR count). The highest BCUT2D eigenvalue weighted by atomic mass is 16.5. The first-order valence-electron chi connectivity index (χ1n) is 5.39. The number of aliphatic hydroxyl groups excluding tert-OH is 1. The molecule has 0 aromatic carbocycles. The number of ether oxygens (including phenoxy) is 1. The third-order valence-corrected chi connectivity index (χ3v) is 2.13. The maximum atomic E-state index is 8.49. The highest BCUT2D eigenvalue weighted by molar-refractivity contribution is 5.48. The number of hydrogen-bond donors (Lipinski definition) is 3. The monoisotopic (exact) mass is 225 g/mol. The van der Waals surface area contributed by atoms with Gasteiger partial charge in [-0.05, 0) is 25.5 Å². The predicted octanol–water partition coefficient (Wildman–Crippen LogP) is 0.783. The molecule has 4 N–H and O–H groups in total. The molecule has 0 aliphatic carbocycles. The largest absolute Gasteiger partial charge is 0.397 e. The van der Waals surface area contributed by atoms with Gasteiger partial charge in [-0.25, -0.2) is 4.98 Å². The normalized spacial score (nSPS) is 10.4. The number of nitrogens with two attached hydrogens (primary N) is 1. The van der Waals surface area contributed by atoms with E-state index in [1.54, 1.807) is 0 Å². The van der Waals surface area contributed by atoms with Gasteiger partial charge in [-0.15, -0.1) is 0 Å². The summed E-state index contributed by atoms with van der Waals surface area (Å²) in [6.07, 6.45) is 0.880. The minimum Gasteiger partial charge on any atom is -0.397 e. The number of aromatic nitrogens is 1. The van der Waals surface area contributed by atoms with Crippen LogP contribution in [0.3, 0.4) is 0 Å². The second-order valence-corrected chi connectivity index (χ2v) is 3.49. The molecule has 0 unspecified atom stereocenters. The summed E-state index contributed by atoms with van der Waals surface area (Å²) in [4.78, 5) is 4.29. The molecule has 0 saturated heterocycles. The molecule has 90 valence electrons. The Morgan fingerprint density at radius 2 is 2.25 bits per heavy atom. The number of hydrogen-bond acceptors (Lipinski definition) is 5. The molecule has 0 saturated carbocycles. The van der Waals surface area contributed by atoms with Crippen molar-refractivity contribution in [3.8, 4) is 0 Å². The van der Waals surface area contributed by atoms with E-state index < -0.39 is 0 Å². The van der Waals surface area contributed by atoms with Gasteiger partial charge in [0.1, 0.15) is 5.82 Å². The molecule has 0 aliphatic heterocycles. The molecule has 1 aromatic rings. The smallest absolute Gasteiger partial charge is 0.126 e. The van der Waals surface area contributed by atoms with E-state index in [9.17, 15) is 0 Å². The number of nitrogens with zero attached hydrogens (tertiary/aromatic N) is 1. The molecular weight excluding hydrogens is 206 g/mol. The van der Waals surface area contributed by atoms with Gasteiger partial charge in [0.25, 0.3) is 0 Å². The van der Waals surface area contributed by atoms with Gasteiger partial charge in [0.15, 0.2) is 0 Å². The zero-order chi connectivity index (χ0) is 11.8. The Kier molecular flexibility index (Phi) is 5.60. The van der Waals surface area contributed by atoms with Gasteiger partial charge in [-0.2, -0.15) is 0 Å². The fourth-order valence-electron chi connectivity index (χ4n) is 1.23. The van der Waals surface area contributed by atoms with Crippen LogP contribution < -0.4 is 11.1 Å². The van der Waals surface area contributed by atoms with Crippen LogP contribution in [0.1, 0.15) is 12.1 Å². The first-order chi connectivity index (χ1) is 7.74. The second-order valence-electron chi connectivity index (χ2n) is 3.49. The van der Waals surface area contributed by atoms with Crippen LogP contribution in [0.25, 0.3) is 0 Å². The summed E-state index contributed by atoms with van der Waals surface area (Å²) in [7, 11) is 0. The van der Waals surface area contributed by atoms with Crippen LogP contribution in [0.5, 0.6) is 0 Å². The first-order valence-corrected chi connectivity index (χ1v) is 5.39. The molecular formula is C11H19N3O2. The fraction of sp³-hybridized carbons (Fsp3) is 0.545. The fourth-order valence-corrected chi connectivity index (χ4v) is 1.23. The van der Waals surface area contributed by atoms with Crippen LogP contribution in [-0.2, 0) is 4.74 Å². The van der Waals surface area contributed by atoms with E-state index in [2.05, 4.69) is 10.3 Å². The van der Waals surface area contributed by atoms with Crippen molar-refractivity contribution >= 4 is 11.5 Å². The second kappa shape index (κ2) is 7.03. The molecule has 1 aromatic heterocycles. The van der Waals surface area contributed by atoms with E-state index in [-0.39, 0.29) is 6.61 Å². The van der Waals surface area contributed by atoms with Gasteiger partial charge in [-0.1, -0.05) is 0 Å². The summed E-state index contributed by atoms with van der Waals surface area (Å²) in [5, 5.41) is 11.7. The van der Waals surface area contributed by atoms with Gasteiger partial charge >= 0.3 is 0 Å². The topological polar surface area (TPSA) is 80.4 Å². The van der Waals surface area contributed by atoms with Gasteiger partial charge in [-0.3, -0.25) is 0 Å². The zero-order valence-corrected chi connectivity index (χ0v) is 9.57. The molecule has 16 heavy (non-hydrogen) atoms. The Bertz CT molecular complexity index is 318. The third kappa shape index (κ3) is 4.46.